The molecule has 0 aromatic heterocycles. The fourth-order valence-corrected chi connectivity index (χ4v) is 2.75. The molecule has 0 radical (unpaired) electrons. The summed E-state index contributed by atoms with van der Waals surface area (Å²) < 4.78 is 18.8. The Morgan fingerprint density at radius 2 is 2.00 bits per heavy atom. The summed E-state index contributed by atoms with van der Waals surface area (Å²) in [5.41, 5.74) is 4.03. The van der Waals surface area contributed by atoms with Crippen molar-refractivity contribution < 1.29 is 9.13 Å². The van der Waals surface area contributed by atoms with Crippen LogP contribution in [0.15, 0.2) is 41.5 Å². The standard InChI is InChI=1S/C17H16Cl2FN3OS/c1-2-21-17(25)23-22-9-12-7-14(18)16(15(19)8-12)24-10-11-4-3-5-13(20)6-11/h3-9H,2,10H2,1H3,(H2,21,23,25)/b22-9-. The maximum Gasteiger partial charge on any atom is 0.186 e. The summed E-state index contributed by atoms with van der Waals surface area (Å²) in [5, 5.41) is 7.99. The van der Waals surface area contributed by atoms with E-state index in [0.717, 1.165) is 0 Å². The molecule has 0 atom stereocenters. The summed E-state index contributed by atoms with van der Waals surface area (Å²) in [7, 11) is 0. The lowest BCUT2D eigenvalue weighted by molar-refractivity contribution is 0.306. The quantitative estimate of drug-likeness (QED) is 0.425. The predicted molar refractivity (Wildman–Crippen MR) is 104 cm³/mol. The van der Waals surface area contributed by atoms with Crippen LogP contribution in [0.5, 0.6) is 5.75 Å². The van der Waals surface area contributed by atoms with Crippen LogP contribution in [0.2, 0.25) is 10.0 Å². The van der Waals surface area contributed by atoms with Gasteiger partial charge in [0.2, 0.25) is 0 Å². The lowest BCUT2D eigenvalue weighted by atomic mass is 10.2. The van der Waals surface area contributed by atoms with Crippen LogP contribution < -0.4 is 15.5 Å². The second kappa shape index (κ2) is 9.56. The summed E-state index contributed by atoms with van der Waals surface area (Å²) in [6, 6.07) is 9.45. The Morgan fingerprint density at radius 3 is 2.64 bits per heavy atom. The highest BCUT2D eigenvalue weighted by Crippen LogP contribution is 2.34. The van der Waals surface area contributed by atoms with E-state index in [2.05, 4.69) is 15.8 Å². The lowest BCUT2D eigenvalue weighted by Gasteiger charge is -2.11. The molecule has 2 aromatic carbocycles. The molecule has 2 rings (SSSR count). The summed E-state index contributed by atoms with van der Waals surface area (Å²) in [5.74, 6) is 0.00806. The van der Waals surface area contributed by atoms with Gasteiger partial charge < -0.3 is 10.1 Å². The van der Waals surface area contributed by atoms with Crippen LogP contribution in [0, 0.1) is 5.82 Å². The number of hydrogen-bond acceptors (Lipinski definition) is 3. The molecule has 0 unspecified atom stereocenters. The number of hydrogen-bond donors (Lipinski definition) is 2. The van der Waals surface area contributed by atoms with E-state index in [1.54, 1.807) is 24.3 Å². The third-order valence-corrected chi connectivity index (χ3v) is 3.81. The molecule has 2 N–H and O–H groups in total. The molecule has 0 aliphatic rings. The SMILES string of the molecule is CCNC(=S)N/N=C\c1cc(Cl)c(OCc2cccc(F)c2)c(Cl)c1. The van der Waals surface area contributed by atoms with Crippen LogP contribution in [0.25, 0.3) is 0 Å². The number of rotatable bonds is 6. The molecule has 0 fully saturated rings. The van der Waals surface area contributed by atoms with E-state index in [4.69, 9.17) is 40.2 Å². The van der Waals surface area contributed by atoms with Crippen LogP contribution in [0.3, 0.4) is 0 Å². The zero-order valence-electron chi connectivity index (χ0n) is 13.4. The summed E-state index contributed by atoms with van der Waals surface area (Å²) >= 11 is 17.4. The lowest BCUT2D eigenvalue weighted by Crippen LogP contribution is -2.31. The van der Waals surface area contributed by atoms with E-state index in [0.29, 0.717) is 38.6 Å². The van der Waals surface area contributed by atoms with Gasteiger partial charge in [-0.05, 0) is 54.5 Å². The topological polar surface area (TPSA) is 45.7 Å². The highest BCUT2D eigenvalue weighted by molar-refractivity contribution is 7.80. The van der Waals surface area contributed by atoms with Crippen molar-refractivity contribution in [3.05, 3.63) is 63.4 Å². The van der Waals surface area contributed by atoms with Crippen molar-refractivity contribution in [1.29, 1.82) is 0 Å². The molecule has 0 aliphatic heterocycles. The van der Waals surface area contributed by atoms with Crippen molar-refractivity contribution in [1.82, 2.24) is 10.7 Å². The Balaban J connectivity index is 2.04. The minimum atomic E-state index is -0.326. The van der Waals surface area contributed by atoms with Crippen LogP contribution in [0.4, 0.5) is 4.39 Å². The van der Waals surface area contributed by atoms with Crippen molar-refractivity contribution in [2.75, 3.05) is 6.54 Å². The van der Waals surface area contributed by atoms with Gasteiger partial charge in [-0.2, -0.15) is 5.10 Å². The first kappa shape index (κ1) is 19.4. The van der Waals surface area contributed by atoms with Gasteiger partial charge in [-0.3, -0.25) is 5.43 Å². The van der Waals surface area contributed by atoms with E-state index in [1.807, 2.05) is 6.92 Å². The normalized spacial score (nSPS) is 10.7. The first-order valence-electron chi connectivity index (χ1n) is 7.42. The summed E-state index contributed by atoms with van der Waals surface area (Å²) in [6.45, 7) is 2.79. The highest BCUT2D eigenvalue weighted by Gasteiger charge is 2.10. The van der Waals surface area contributed by atoms with Gasteiger partial charge in [0.15, 0.2) is 10.9 Å². The van der Waals surface area contributed by atoms with Crippen LogP contribution in [0.1, 0.15) is 18.1 Å². The second-order valence-corrected chi connectivity index (χ2v) is 6.18. The van der Waals surface area contributed by atoms with Gasteiger partial charge in [-0.15, -0.1) is 0 Å². The number of thiocarbonyl (C=S) groups is 1. The molecule has 25 heavy (non-hydrogen) atoms. The van der Waals surface area contributed by atoms with Crippen LogP contribution in [-0.2, 0) is 6.61 Å². The average Bonchev–Trinajstić information content (AvgIpc) is 2.54. The maximum atomic E-state index is 13.2. The van der Waals surface area contributed by atoms with Gasteiger partial charge in [-0.1, -0.05) is 35.3 Å². The largest absolute Gasteiger partial charge is 0.486 e. The number of nitrogens with one attached hydrogen (secondary N) is 2. The molecule has 0 saturated heterocycles. The summed E-state index contributed by atoms with van der Waals surface area (Å²) in [4.78, 5) is 0. The predicted octanol–water partition coefficient (Wildman–Crippen LogP) is 4.53. The first-order chi connectivity index (χ1) is 12.0. The van der Waals surface area contributed by atoms with Gasteiger partial charge in [-0.25, -0.2) is 4.39 Å². The van der Waals surface area contributed by atoms with Crippen molar-refractivity contribution in [2.45, 2.75) is 13.5 Å². The molecule has 4 nitrogen and oxygen atoms in total. The van der Waals surface area contributed by atoms with Gasteiger partial charge >= 0.3 is 0 Å². The number of ether oxygens (including phenoxy) is 1. The molecule has 8 heteroatoms. The number of halogens is 3. The number of hydrazone groups is 1. The summed E-state index contributed by atoms with van der Waals surface area (Å²) in [6.07, 6.45) is 1.54. The Labute approximate surface area is 161 Å². The fraction of sp³-hybridized carbons (Fsp3) is 0.176. The molecule has 0 amide bonds. The molecule has 0 bridgehead atoms. The second-order valence-electron chi connectivity index (χ2n) is 4.96. The Kier molecular flexibility index (Phi) is 7.43. The van der Waals surface area contributed by atoms with E-state index in [-0.39, 0.29) is 12.4 Å². The number of benzene rings is 2. The molecule has 0 spiro atoms. The van der Waals surface area contributed by atoms with Crippen molar-refractivity contribution in [2.24, 2.45) is 5.10 Å². The Bertz CT molecular complexity index is 763. The maximum absolute atomic E-state index is 13.2. The number of nitrogens with zero attached hydrogens (tertiary/aromatic N) is 1. The van der Waals surface area contributed by atoms with Crippen LogP contribution in [-0.4, -0.2) is 17.9 Å². The van der Waals surface area contributed by atoms with Crippen molar-refractivity contribution >= 4 is 46.7 Å². The minimum Gasteiger partial charge on any atom is -0.486 e. The van der Waals surface area contributed by atoms with Gasteiger partial charge in [0, 0.05) is 6.54 Å². The van der Waals surface area contributed by atoms with Gasteiger partial charge in [0.1, 0.15) is 12.4 Å². The van der Waals surface area contributed by atoms with Gasteiger partial charge in [0.25, 0.3) is 0 Å². The minimum absolute atomic E-state index is 0.156. The molecular formula is C17H16Cl2FN3OS. The van der Waals surface area contributed by atoms with E-state index < -0.39 is 0 Å². The zero-order chi connectivity index (χ0) is 18.2. The van der Waals surface area contributed by atoms with E-state index in [1.165, 1.54) is 18.3 Å². The zero-order valence-corrected chi connectivity index (χ0v) is 15.7. The van der Waals surface area contributed by atoms with Crippen molar-refractivity contribution in [3.63, 3.8) is 0 Å². The molecule has 0 heterocycles. The Hall–Kier alpha value is -1.89. The molecule has 0 saturated carbocycles. The monoisotopic (exact) mass is 399 g/mol. The third kappa shape index (κ3) is 6.16. The smallest absolute Gasteiger partial charge is 0.186 e. The molecular weight excluding hydrogens is 384 g/mol. The third-order valence-electron chi connectivity index (χ3n) is 3.01. The Morgan fingerprint density at radius 1 is 1.28 bits per heavy atom. The molecule has 0 aliphatic carbocycles. The highest BCUT2D eigenvalue weighted by atomic mass is 35.5. The van der Waals surface area contributed by atoms with E-state index >= 15 is 0 Å². The first-order valence-corrected chi connectivity index (χ1v) is 8.59. The van der Waals surface area contributed by atoms with Crippen LogP contribution >= 0.6 is 35.4 Å². The van der Waals surface area contributed by atoms with Gasteiger partial charge in [0.05, 0.1) is 16.3 Å². The molecule has 2 aromatic rings. The fourth-order valence-electron chi connectivity index (χ4n) is 1.94. The van der Waals surface area contributed by atoms with Crippen molar-refractivity contribution in [3.8, 4) is 5.75 Å². The average molecular weight is 400 g/mol. The molecule has 132 valence electrons. The van der Waals surface area contributed by atoms with E-state index in [9.17, 15) is 4.39 Å².